The van der Waals surface area contributed by atoms with Gasteiger partial charge in [-0.3, -0.25) is 4.79 Å². The highest BCUT2D eigenvalue weighted by molar-refractivity contribution is 6.12. The van der Waals surface area contributed by atoms with Gasteiger partial charge in [0.05, 0.1) is 16.6 Å². The molecule has 0 saturated heterocycles. The zero-order valence-corrected chi connectivity index (χ0v) is 13.0. The Hall–Kier alpha value is -2.69. The number of carbonyl (C=O) groups excluding carboxylic acids is 1. The van der Waals surface area contributed by atoms with E-state index in [4.69, 9.17) is 4.52 Å². The predicted octanol–water partition coefficient (Wildman–Crippen LogP) is 3.71. The molecule has 0 unspecified atom stereocenters. The Balaban J connectivity index is 2.08. The second kappa shape index (κ2) is 5.26. The molecule has 112 valence electrons. The lowest BCUT2D eigenvalue weighted by molar-refractivity contribution is 0.102. The van der Waals surface area contributed by atoms with E-state index in [9.17, 15) is 4.79 Å². The highest BCUT2D eigenvalue weighted by Gasteiger charge is 2.18. The molecule has 5 heteroatoms. The lowest BCUT2D eigenvalue weighted by atomic mass is 10.1. The molecule has 0 aliphatic carbocycles. The molecule has 1 aromatic carbocycles. The van der Waals surface area contributed by atoms with E-state index in [1.54, 1.807) is 13.0 Å². The van der Waals surface area contributed by atoms with Crippen LogP contribution in [0.1, 0.15) is 32.9 Å². The van der Waals surface area contributed by atoms with Crippen LogP contribution in [0.2, 0.25) is 0 Å². The lowest BCUT2D eigenvalue weighted by Crippen LogP contribution is -2.15. The number of benzene rings is 1. The first-order valence-electron chi connectivity index (χ1n) is 7.08. The number of nitrogens with one attached hydrogen (secondary N) is 1. The zero-order chi connectivity index (χ0) is 15.9. The van der Waals surface area contributed by atoms with Gasteiger partial charge in [-0.2, -0.15) is 0 Å². The summed E-state index contributed by atoms with van der Waals surface area (Å²) in [6.45, 7) is 7.58. The van der Waals surface area contributed by atoms with Crippen LogP contribution in [-0.4, -0.2) is 16.0 Å². The highest BCUT2D eigenvalue weighted by Crippen LogP contribution is 2.25. The number of hydrogen-bond donors (Lipinski definition) is 1. The number of para-hydroxylation sites is 1. The third kappa shape index (κ3) is 2.35. The number of amides is 1. The average molecular weight is 295 g/mol. The molecule has 0 atom stereocenters. The van der Waals surface area contributed by atoms with E-state index in [0.29, 0.717) is 22.4 Å². The number of anilines is 1. The second-order valence-corrected chi connectivity index (χ2v) is 5.48. The molecule has 1 N–H and O–H groups in total. The molecule has 0 bridgehead atoms. The van der Waals surface area contributed by atoms with Crippen molar-refractivity contribution in [3.63, 3.8) is 0 Å². The van der Waals surface area contributed by atoms with Gasteiger partial charge in [0.1, 0.15) is 0 Å². The minimum absolute atomic E-state index is 0.181. The van der Waals surface area contributed by atoms with Crippen molar-refractivity contribution in [3.05, 3.63) is 52.3 Å². The normalized spacial score (nSPS) is 10.9. The number of aromatic nitrogens is 2. The Morgan fingerprint density at radius 3 is 2.50 bits per heavy atom. The maximum atomic E-state index is 12.7. The highest BCUT2D eigenvalue weighted by atomic mass is 16.5. The molecule has 0 fully saturated rings. The smallest absolute Gasteiger partial charge is 0.258 e. The molecule has 2 aromatic heterocycles. The summed E-state index contributed by atoms with van der Waals surface area (Å²) in [5.41, 5.74) is 5.19. The molecule has 2 heterocycles. The van der Waals surface area contributed by atoms with Gasteiger partial charge < -0.3 is 9.84 Å². The van der Waals surface area contributed by atoms with Crippen molar-refractivity contribution >= 4 is 22.7 Å². The maximum Gasteiger partial charge on any atom is 0.258 e. The number of aryl methyl sites for hydroxylation is 4. The van der Waals surface area contributed by atoms with Gasteiger partial charge in [0, 0.05) is 11.4 Å². The van der Waals surface area contributed by atoms with Crippen molar-refractivity contribution < 1.29 is 9.32 Å². The molecule has 22 heavy (non-hydrogen) atoms. The Bertz CT molecular complexity index is 861. The van der Waals surface area contributed by atoms with E-state index in [2.05, 4.69) is 15.5 Å². The summed E-state index contributed by atoms with van der Waals surface area (Å²) in [7, 11) is 0. The van der Waals surface area contributed by atoms with E-state index in [1.807, 2.05) is 39.0 Å². The molecule has 0 radical (unpaired) electrons. The van der Waals surface area contributed by atoms with Gasteiger partial charge in [0.25, 0.3) is 11.6 Å². The fourth-order valence-corrected chi connectivity index (χ4v) is 2.59. The Kier molecular flexibility index (Phi) is 3.41. The van der Waals surface area contributed by atoms with E-state index in [-0.39, 0.29) is 5.91 Å². The van der Waals surface area contributed by atoms with E-state index >= 15 is 0 Å². The van der Waals surface area contributed by atoms with Crippen LogP contribution in [-0.2, 0) is 0 Å². The van der Waals surface area contributed by atoms with Crippen LogP contribution in [0.25, 0.3) is 11.1 Å². The van der Waals surface area contributed by atoms with Crippen LogP contribution in [0.3, 0.4) is 0 Å². The first-order chi connectivity index (χ1) is 10.5. The minimum Gasteiger partial charge on any atom is -0.336 e. The molecule has 0 aliphatic heterocycles. The van der Waals surface area contributed by atoms with Crippen molar-refractivity contribution in [3.8, 4) is 0 Å². The van der Waals surface area contributed by atoms with Crippen LogP contribution in [0.4, 0.5) is 5.69 Å². The molecular formula is C17H17N3O2. The van der Waals surface area contributed by atoms with Crippen molar-refractivity contribution in [1.82, 2.24) is 10.1 Å². The third-order valence-corrected chi connectivity index (χ3v) is 3.71. The van der Waals surface area contributed by atoms with Crippen LogP contribution in [0.15, 0.2) is 28.8 Å². The number of carbonyl (C=O) groups is 1. The van der Waals surface area contributed by atoms with Crippen LogP contribution in [0.5, 0.6) is 0 Å². The maximum absolute atomic E-state index is 12.7. The van der Waals surface area contributed by atoms with Crippen molar-refractivity contribution in [2.75, 3.05) is 5.32 Å². The summed E-state index contributed by atoms with van der Waals surface area (Å²) >= 11 is 0. The number of pyridine rings is 1. The van der Waals surface area contributed by atoms with E-state index < -0.39 is 0 Å². The Labute approximate surface area is 128 Å². The molecule has 0 saturated carbocycles. The second-order valence-electron chi connectivity index (χ2n) is 5.48. The van der Waals surface area contributed by atoms with Gasteiger partial charge in [-0.05, 0) is 44.9 Å². The molecule has 0 spiro atoms. The number of fused-ring (bicyclic) bond motifs is 1. The van der Waals surface area contributed by atoms with E-state index in [1.165, 1.54) is 0 Å². The SMILES string of the molecule is Cc1cc(C(=O)Nc2c(C)cccc2C)c2c(C)noc2n1. The van der Waals surface area contributed by atoms with E-state index in [0.717, 1.165) is 22.5 Å². The quantitative estimate of drug-likeness (QED) is 0.782. The number of rotatable bonds is 2. The van der Waals surface area contributed by atoms with Crippen LogP contribution < -0.4 is 5.32 Å². The zero-order valence-electron chi connectivity index (χ0n) is 13.0. The first kappa shape index (κ1) is 14.3. The first-order valence-corrected chi connectivity index (χ1v) is 7.08. The molecule has 3 aromatic rings. The summed E-state index contributed by atoms with van der Waals surface area (Å²) < 4.78 is 5.18. The predicted molar refractivity (Wildman–Crippen MR) is 85.1 cm³/mol. The Morgan fingerprint density at radius 1 is 1.14 bits per heavy atom. The summed E-state index contributed by atoms with van der Waals surface area (Å²) in [5, 5.41) is 7.56. The summed E-state index contributed by atoms with van der Waals surface area (Å²) in [5.74, 6) is -0.181. The summed E-state index contributed by atoms with van der Waals surface area (Å²) in [6, 6.07) is 7.68. The summed E-state index contributed by atoms with van der Waals surface area (Å²) in [4.78, 5) is 17.0. The monoisotopic (exact) mass is 295 g/mol. The summed E-state index contributed by atoms with van der Waals surface area (Å²) in [6.07, 6.45) is 0. The van der Waals surface area contributed by atoms with Gasteiger partial charge in [-0.1, -0.05) is 23.4 Å². The molecule has 1 amide bonds. The minimum atomic E-state index is -0.181. The van der Waals surface area contributed by atoms with Crippen LogP contribution in [0, 0.1) is 27.7 Å². The fraction of sp³-hybridized carbons (Fsp3) is 0.235. The third-order valence-electron chi connectivity index (χ3n) is 3.71. The van der Waals surface area contributed by atoms with Crippen LogP contribution >= 0.6 is 0 Å². The Morgan fingerprint density at radius 2 is 1.82 bits per heavy atom. The lowest BCUT2D eigenvalue weighted by Gasteiger charge is -2.12. The molecular weight excluding hydrogens is 278 g/mol. The van der Waals surface area contributed by atoms with Gasteiger partial charge >= 0.3 is 0 Å². The van der Waals surface area contributed by atoms with Crippen molar-refractivity contribution in [1.29, 1.82) is 0 Å². The van der Waals surface area contributed by atoms with Crippen molar-refractivity contribution in [2.45, 2.75) is 27.7 Å². The largest absolute Gasteiger partial charge is 0.336 e. The molecule has 5 nitrogen and oxygen atoms in total. The molecule has 0 aliphatic rings. The average Bonchev–Trinajstić information content (AvgIpc) is 2.83. The van der Waals surface area contributed by atoms with Crippen molar-refractivity contribution in [2.24, 2.45) is 0 Å². The molecule has 3 rings (SSSR count). The van der Waals surface area contributed by atoms with Gasteiger partial charge in [0.2, 0.25) is 0 Å². The standard InChI is InChI=1S/C17H17N3O2/c1-9-6-5-7-10(2)15(9)19-16(21)13-8-11(3)18-17-14(13)12(4)20-22-17/h5-8H,1-4H3,(H,19,21). The fourth-order valence-electron chi connectivity index (χ4n) is 2.59. The number of nitrogens with zero attached hydrogens (tertiary/aromatic N) is 2. The van der Waals surface area contributed by atoms with Gasteiger partial charge in [-0.15, -0.1) is 0 Å². The number of hydrogen-bond acceptors (Lipinski definition) is 4. The van der Waals surface area contributed by atoms with Gasteiger partial charge in [-0.25, -0.2) is 4.98 Å². The van der Waals surface area contributed by atoms with Gasteiger partial charge in [0.15, 0.2) is 0 Å². The topological polar surface area (TPSA) is 68.0 Å².